The highest BCUT2D eigenvalue weighted by Gasteiger charge is 2.23. The van der Waals surface area contributed by atoms with E-state index in [-0.39, 0.29) is 12.5 Å². The maximum Gasteiger partial charge on any atom is 0.213 e. The molecule has 2 aliphatic rings. The summed E-state index contributed by atoms with van der Waals surface area (Å²) in [5.41, 5.74) is 5.44. The van der Waals surface area contributed by atoms with Gasteiger partial charge in [0.15, 0.2) is 0 Å². The van der Waals surface area contributed by atoms with E-state index in [1.807, 2.05) is 24.5 Å². The zero-order chi connectivity index (χ0) is 22.1. The Bertz CT molecular complexity index is 909. The van der Waals surface area contributed by atoms with Gasteiger partial charge in [0.05, 0.1) is 12.8 Å². The van der Waals surface area contributed by atoms with Crippen LogP contribution in [0.4, 0.5) is 4.39 Å². The second-order valence-electron chi connectivity index (χ2n) is 7.54. The molecule has 5 nitrogen and oxygen atoms in total. The van der Waals surface area contributed by atoms with Crippen LogP contribution in [0.3, 0.4) is 0 Å². The lowest BCUT2D eigenvalue weighted by Crippen LogP contribution is -2.37. The molecule has 3 unspecified atom stereocenters. The number of aliphatic hydroxyl groups excluding tert-OH is 1. The van der Waals surface area contributed by atoms with Crippen molar-refractivity contribution in [3.05, 3.63) is 96.4 Å². The molecular weight excluding hydrogens is 393 g/mol. The second kappa shape index (κ2) is 11.6. The number of hydrogen-bond acceptors (Lipinski definition) is 4. The maximum atomic E-state index is 13.6. The van der Waals surface area contributed by atoms with Crippen molar-refractivity contribution in [2.75, 3.05) is 13.2 Å². The van der Waals surface area contributed by atoms with E-state index in [9.17, 15) is 9.50 Å². The predicted molar refractivity (Wildman–Crippen MR) is 123 cm³/mol. The number of aromatic nitrogens is 2. The van der Waals surface area contributed by atoms with Gasteiger partial charge >= 0.3 is 0 Å². The summed E-state index contributed by atoms with van der Waals surface area (Å²) in [5, 5.41) is 20.2. The number of ether oxygens (including phenoxy) is 1. The molecule has 0 radical (unpaired) electrons. The maximum absolute atomic E-state index is 13.6. The van der Waals surface area contributed by atoms with E-state index in [4.69, 9.17) is 4.74 Å². The van der Waals surface area contributed by atoms with Crippen molar-refractivity contribution in [1.29, 1.82) is 0 Å². The molecule has 3 atom stereocenters. The number of hydrogen-bond donors (Lipinski definition) is 3. The number of aliphatic hydroxyl groups is 1. The number of aromatic amines is 1. The fourth-order valence-corrected chi connectivity index (χ4v) is 3.72. The first-order valence-corrected chi connectivity index (χ1v) is 10.5. The van der Waals surface area contributed by atoms with Gasteiger partial charge in [-0.1, -0.05) is 67.3 Å². The van der Waals surface area contributed by atoms with E-state index in [1.165, 1.54) is 11.1 Å². The number of rotatable bonds is 11. The van der Waals surface area contributed by atoms with Crippen LogP contribution in [0.15, 0.2) is 90.9 Å². The van der Waals surface area contributed by atoms with Crippen LogP contribution < -0.4 is 5.32 Å². The number of nitrogens with one attached hydrogen (secondary N) is 2. The van der Waals surface area contributed by atoms with Crippen LogP contribution in [0.2, 0.25) is 0 Å². The normalized spacial score (nSPS) is 21.0. The van der Waals surface area contributed by atoms with Gasteiger partial charge in [0.25, 0.3) is 0 Å². The highest BCUT2D eigenvalue weighted by molar-refractivity contribution is 5.68. The second-order valence-corrected chi connectivity index (χ2v) is 7.54. The van der Waals surface area contributed by atoms with Crippen molar-refractivity contribution >= 4 is 5.57 Å². The summed E-state index contributed by atoms with van der Waals surface area (Å²) in [5.74, 6) is 0.0201. The van der Waals surface area contributed by atoms with Crippen molar-refractivity contribution in [3.8, 4) is 0 Å². The SMILES string of the molecule is C=C/C=C(\C=C)COC(O)NCC(C1=CCC(F)C=C1)C1=CC=C(c2cn[nH]c2)CC1. The number of alkyl halides is 1. The molecular formula is C25H30FN3O2. The summed E-state index contributed by atoms with van der Waals surface area (Å²) in [6, 6.07) is 0. The predicted octanol–water partition coefficient (Wildman–Crippen LogP) is 4.53. The highest BCUT2D eigenvalue weighted by atomic mass is 19.1. The summed E-state index contributed by atoms with van der Waals surface area (Å²) in [6.45, 7) is 8.07. The number of allylic oxidation sites excluding steroid dienone is 8. The molecule has 0 spiro atoms. The van der Waals surface area contributed by atoms with E-state index in [0.29, 0.717) is 13.0 Å². The lowest BCUT2D eigenvalue weighted by molar-refractivity contribution is -0.112. The number of H-pyrrole nitrogens is 1. The first kappa shape index (κ1) is 22.9. The molecule has 1 aromatic heterocycles. The molecule has 1 aromatic rings. The highest BCUT2D eigenvalue weighted by Crippen LogP contribution is 2.34. The minimum Gasteiger partial charge on any atom is -0.356 e. The molecule has 0 fully saturated rings. The standard InChI is InChI=1S/C25H30FN3O2/c1-3-5-18(4-2)17-31-25(30)27-16-24(21-10-12-23(26)13-11-21)20-8-6-19(7-9-20)22-14-28-29-15-22/h3-6,8,10-12,14-15,23-25,27,30H,1-2,7,9,13,16-17H2,(H,28,29)/b18-5+. The number of nitrogens with zero attached hydrogens (tertiary/aromatic N) is 1. The minimum absolute atomic E-state index is 0.0201. The Morgan fingerprint density at radius 3 is 2.87 bits per heavy atom. The van der Waals surface area contributed by atoms with Gasteiger partial charge in [-0.3, -0.25) is 10.4 Å². The first-order chi connectivity index (χ1) is 15.1. The summed E-state index contributed by atoms with van der Waals surface area (Å²) in [4.78, 5) is 0. The van der Waals surface area contributed by atoms with Gasteiger partial charge in [-0.25, -0.2) is 4.39 Å². The fraction of sp³-hybridized carbons (Fsp3) is 0.320. The van der Waals surface area contributed by atoms with Crippen molar-refractivity contribution in [2.45, 2.75) is 31.8 Å². The Morgan fingerprint density at radius 1 is 1.39 bits per heavy atom. The molecule has 0 aliphatic heterocycles. The summed E-state index contributed by atoms with van der Waals surface area (Å²) in [7, 11) is 0. The fourth-order valence-electron chi connectivity index (χ4n) is 3.72. The van der Waals surface area contributed by atoms with Crippen molar-refractivity contribution in [3.63, 3.8) is 0 Å². The van der Waals surface area contributed by atoms with Crippen molar-refractivity contribution in [2.24, 2.45) is 5.92 Å². The van der Waals surface area contributed by atoms with Gasteiger partial charge in [-0.15, -0.1) is 0 Å². The van der Waals surface area contributed by atoms with E-state index in [0.717, 1.165) is 29.6 Å². The lowest BCUT2D eigenvalue weighted by atomic mass is 9.82. The molecule has 0 aromatic carbocycles. The van der Waals surface area contributed by atoms with Gasteiger partial charge in [0.1, 0.15) is 6.17 Å². The van der Waals surface area contributed by atoms with Gasteiger partial charge in [-0.05, 0) is 29.6 Å². The van der Waals surface area contributed by atoms with Gasteiger partial charge < -0.3 is 9.84 Å². The van der Waals surface area contributed by atoms with E-state index in [2.05, 4.69) is 40.8 Å². The smallest absolute Gasteiger partial charge is 0.213 e. The third kappa shape index (κ3) is 6.59. The van der Waals surface area contributed by atoms with Crippen LogP contribution >= 0.6 is 0 Å². The van der Waals surface area contributed by atoms with Crippen LogP contribution in [0.1, 0.15) is 24.8 Å². The van der Waals surface area contributed by atoms with Gasteiger partial charge in [0.2, 0.25) is 6.41 Å². The van der Waals surface area contributed by atoms with Crippen molar-refractivity contribution < 1.29 is 14.2 Å². The molecule has 0 bridgehead atoms. The van der Waals surface area contributed by atoms with E-state index in [1.54, 1.807) is 24.3 Å². The van der Waals surface area contributed by atoms with Crippen LogP contribution in [0.25, 0.3) is 5.57 Å². The molecule has 0 amide bonds. The van der Waals surface area contributed by atoms with E-state index >= 15 is 0 Å². The molecule has 31 heavy (non-hydrogen) atoms. The lowest BCUT2D eigenvalue weighted by Gasteiger charge is -2.27. The summed E-state index contributed by atoms with van der Waals surface area (Å²) < 4.78 is 19.1. The van der Waals surface area contributed by atoms with Gasteiger partial charge in [-0.2, -0.15) is 5.10 Å². The van der Waals surface area contributed by atoms with Crippen LogP contribution in [-0.4, -0.2) is 41.0 Å². The Labute approximate surface area is 183 Å². The zero-order valence-corrected chi connectivity index (χ0v) is 17.6. The largest absolute Gasteiger partial charge is 0.356 e. The molecule has 2 aliphatic carbocycles. The van der Waals surface area contributed by atoms with Crippen LogP contribution in [-0.2, 0) is 4.74 Å². The monoisotopic (exact) mass is 423 g/mol. The Hall–Kier alpha value is -2.80. The Balaban J connectivity index is 1.68. The van der Waals surface area contributed by atoms with Crippen molar-refractivity contribution in [1.82, 2.24) is 15.5 Å². The molecule has 164 valence electrons. The molecule has 0 saturated heterocycles. The topological polar surface area (TPSA) is 70.2 Å². The molecule has 6 heteroatoms. The Morgan fingerprint density at radius 2 is 2.26 bits per heavy atom. The summed E-state index contributed by atoms with van der Waals surface area (Å²) in [6.07, 6.45) is 18.6. The number of halogens is 1. The van der Waals surface area contributed by atoms with Gasteiger partial charge in [0, 0.05) is 30.6 Å². The quantitative estimate of drug-likeness (QED) is 0.361. The molecule has 0 saturated carbocycles. The average Bonchev–Trinajstić information content (AvgIpc) is 3.33. The molecule has 1 heterocycles. The van der Waals surface area contributed by atoms with Crippen LogP contribution in [0, 0.1) is 5.92 Å². The van der Waals surface area contributed by atoms with Crippen LogP contribution in [0.5, 0.6) is 0 Å². The zero-order valence-electron chi connectivity index (χ0n) is 17.6. The average molecular weight is 424 g/mol. The minimum atomic E-state index is -1.13. The summed E-state index contributed by atoms with van der Waals surface area (Å²) >= 11 is 0. The molecule has 3 rings (SSSR count). The first-order valence-electron chi connectivity index (χ1n) is 10.5. The Kier molecular flexibility index (Phi) is 8.53. The molecule has 3 N–H and O–H groups in total. The third-order valence-corrected chi connectivity index (χ3v) is 5.48. The van der Waals surface area contributed by atoms with E-state index < -0.39 is 12.6 Å². The third-order valence-electron chi connectivity index (χ3n) is 5.48.